The molecule has 0 saturated carbocycles. The summed E-state index contributed by atoms with van der Waals surface area (Å²) in [6.45, 7) is 1.77. The number of ether oxygens (including phenoxy) is 1. The summed E-state index contributed by atoms with van der Waals surface area (Å²) in [4.78, 5) is 10.6. The molecule has 1 aromatic carbocycles. The summed E-state index contributed by atoms with van der Waals surface area (Å²) in [5, 5.41) is 24.7. The van der Waals surface area contributed by atoms with E-state index in [9.17, 15) is 15.2 Å². The third kappa shape index (κ3) is 3.36. The average molecular weight is 358 g/mol. The van der Waals surface area contributed by atoms with E-state index in [0.717, 1.165) is 5.56 Å². The van der Waals surface area contributed by atoms with Gasteiger partial charge in [-0.25, -0.2) is 0 Å². The number of nitro benzene ring substituents is 1. The summed E-state index contributed by atoms with van der Waals surface area (Å²) in [5.41, 5.74) is 1.16. The van der Waals surface area contributed by atoms with Crippen LogP contribution in [0.25, 0.3) is 0 Å². The lowest BCUT2D eigenvalue weighted by Gasteiger charge is -2.14. The Morgan fingerprint density at radius 2 is 2.30 bits per heavy atom. The predicted molar refractivity (Wildman–Crippen MR) is 80.1 cm³/mol. The van der Waals surface area contributed by atoms with Crippen LogP contribution in [0.1, 0.15) is 24.2 Å². The number of halogens is 1. The van der Waals surface area contributed by atoms with Gasteiger partial charge in [-0.05, 0) is 35.4 Å². The van der Waals surface area contributed by atoms with Gasteiger partial charge in [0.25, 0.3) is 0 Å². The van der Waals surface area contributed by atoms with Crippen LogP contribution in [-0.4, -0.2) is 10.0 Å². The van der Waals surface area contributed by atoms with Crippen molar-refractivity contribution in [3.8, 4) is 5.75 Å². The van der Waals surface area contributed by atoms with Crippen LogP contribution < -0.4 is 4.74 Å². The molecule has 2 aromatic rings. The molecule has 1 atom stereocenters. The molecule has 20 heavy (non-hydrogen) atoms. The van der Waals surface area contributed by atoms with Crippen LogP contribution in [0.2, 0.25) is 0 Å². The minimum atomic E-state index is -0.858. The van der Waals surface area contributed by atoms with Crippen LogP contribution >= 0.6 is 27.3 Å². The van der Waals surface area contributed by atoms with Crippen LogP contribution in [0.3, 0.4) is 0 Å². The van der Waals surface area contributed by atoms with Crippen molar-refractivity contribution >= 4 is 33.0 Å². The maximum absolute atomic E-state index is 11.1. The smallest absolute Gasteiger partial charge is 0.312 e. The van der Waals surface area contributed by atoms with E-state index in [2.05, 4.69) is 15.9 Å². The van der Waals surface area contributed by atoms with Gasteiger partial charge in [0.2, 0.25) is 5.75 Å². The van der Waals surface area contributed by atoms with E-state index in [1.54, 1.807) is 13.0 Å². The number of nitro groups is 1. The molecule has 0 spiro atoms. The highest BCUT2D eigenvalue weighted by molar-refractivity contribution is 9.10. The standard InChI is InChI=1S/C13H12BrNO4S/c1-8(16)11-4-10(14)5-12(15(17)18)13(11)19-6-9-2-3-20-7-9/h2-5,7-8,16H,6H2,1H3. The van der Waals surface area contributed by atoms with Crippen molar-refractivity contribution in [2.75, 3.05) is 0 Å². The van der Waals surface area contributed by atoms with Crippen molar-refractivity contribution in [2.45, 2.75) is 19.6 Å². The number of aliphatic hydroxyl groups excluding tert-OH is 1. The highest BCUT2D eigenvalue weighted by Crippen LogP contribution is 2.38. The van der Waals surface area contributed by atoms with Crippen molar-refractivity contribution in [3.63, 3.8) is 0 Å². The van der Waals surface area contributed by atoms with Gasteiger partial charge in [0.05, 0.1) is 11.0 Å². The molecule has 0 saturated heterocycles. The van der Waals surface area contributed by atoms with Gasteiger partial charge in [0, 0.05) is 16.1 Å². The molecule has 2 rings (SSSR count). The molecule has 0 aliphatic carbocycles. The highest BCUT2D eigenvalue weighted by Gasteiger charge is 2.23. The van der Waals surface area contributed by atoms with E-state index >= 15 is 0 Å². The van der Waals surface area contributed by atoms with Crippen LogP contribution in [0, 0.1) is 10.1 Å². The summed E-state index contributed by atoms with van der Waals surface area (Å²) in [6, 6.07) is 4.88. The molecular formula is C13H12BrNO4S. The van der Waals surface area contributed by atoms with Crippen LogP contribution in [0.4, 0.5) is 5.69 Å². The lowest BCUT2D eigenvalue weighted by Crippen LogP contribution is -2.04. The van der Waals surface area contributed by atoms with Crippen molar-refractivity contribution < 1.29 is 14.8 Å². The minimum Gasteiger partial charge on any atom is -0.482 e. The Kier molecular flexibility index (Phi) is 4.74. The second kappa shape index (κ2) is 6.34. The Morgan fingerprint density at radius 3 is 2.85 bits per heavy atom. The molecule has 0 amide bonds. The SMILES string of the molecule is CC(O)c1cc(Br)cc([N+](=O)[O-])c1OCc1ccsc1. The third-order valence-corrected chi connectivity index (χ3v) is 3.86. The van der Waals surface area contributed by atoms with E-state index in [1.807, 2.05) is 16.8 Å². The molecule has 1 heterocycles. The summed E-state index contributed by atoms with van der Waals surface area (Å²) < 4.78 is 6.10. The lowest BCUT2D eigenvalue weighted by atomic mass is 10.1. The molecule has 0 aliphatic rings. The molecule has 1 unspecified atom stereocenters. The van der Waals surface area contributed by atoms with Gasteiger partial charge in [0.1, 0.15) is 6.61 Å². The largest absolute Gasteiger partial charge is 0.482 e. The summed E-state index contributed by atoms with van der Waals surface area (Å²) >= 11 is 4.73. The predicted octanol–water partition coefficient (Wildman–Crippen LogP) is 4.05. The molecule has 0 radical (unpaired) electrons. The van der Waals surface area contributed by atoms with Crippen molar-refractivity contribution in [3.05, 3.63) is 54.7 Å². The van der Waals surface area contributed by atoms with Gasteiger partial charge in [-0.2, -0.15) is 11.3 Å². The number of nitrogens with zero attached hydrogens (tertiary/aromatic N) is 1. The van der Waals surface area contributed by atoms with Gasteiger partial charge >= 0.3 is 5.69 Å². The molecule has 1 N–H and O–H groups in total. The quantitative estimate of drug-likeness (QED) is 0.646. The number of hydrogen-bond acceptors (Lipinski definition) is 5. The van der Waals surface area contributed by atoms with Crippen LogP contribution in [-0.2, 0) is 6.61 Å². The average Bonchev–Trinajstić information content (AvgIpc) is 2.89. The lowest BCUT2D eigenvalue weighted by molar-refractivity contribution is -0.386. The molecule has 0 bridgehead atoms. The van der Waals surface area contributed by atoms with E-state index < -0.39 is 11.0 Å². The fourth-order valence-corrected chi connectivity index (χ4v) is 2.85. The highest BCUT2D eigenvalue weighted by atomic mass is 79.9. The first-order valence-corrected chi connectivity index (χ1v) is 7.52. The van der Waals surface area contributed by atoms with E-state index in [4.69, 9.17) is 4.74 Å². The summed E-state index contributed by atoms with van der Waals surface area (Å²) in [5.74, 6) is 0.111. The molecule has 0 fully saturated rings. The number of thiophene rings is 1. The maximum atomic E-state index is 11.1. The van der Waals surface area contributed by atoms with Gasteiger partial charge < -0.3 is 9.84 Å². The molecule has 7 heteroatoms. The van der Waals surface area contributed by atoms with Gasteiger partial charge in [-0.1, -0.05) is 15.9 Å². The van der Waals surface area contributed by atoms with Crippen LogP contribution in [0.5, 0.6) is 5.75 Å². The Labute approximate surface area is 128 Å². The molecule has 106 valence electrons. The fraction of sp³-hybridized carbons (Fsp3) is 0.231. The zero-order valence-electron chi connectivity index (χ0n) is 10.6. The monoisotopic (exact) mass is 357 g/mol. The molecule has 0 aliphatic heterocycles. The normalized spacial score (nSPS) is 12.2. The number of benzene rings is 1. The summed E-state index contributed by atoms with van der Waals surface area (Å²) in [7, 11) is 0. The topological polar surface area (TPSA) is 72.6 Å². The zero-order chi connectivity index (χ0) is 14.7. The Bertz CT molecular complexity index is 613. The second-order valence-corrected chi connectivity index (χ2v) is 5.89. The number of aliphatic hydroxyl groups is 1. The van der Waals surface area contributed by atoms with E-state index in [-0.39, 0.29) is 18.0 Å². The molecule has 5 nitrogen and oxygen atoms in total. The van der Waals surface area contributed by atoms with E-state index in [1.165, 1.54) is 17.4 Å². The van der Waals surface area contributed by atoms with Crippen molar-refractivity contribution in [1.29, 1.82) is 0 Å². The second-order valence-electron chi connectivity index (χ2n) is 4.20. The van der Waals surface area contributed by atoms with Gasteiger partial charge in [-0.15, -0.1) is 0 Å². The van der Waals surface area contributed by atoms with E-state index in [0.29, 0.717) is 10.0 Å². The molecular weight excluding hydrogens is 346 g/mol. The van der Waals surface area contributed by atoms with Crippen LogP contribution in [0.15, 0.2) is 33.4 Å². The zero-order valence-corrected chi connectivity index (χ0v) is 13.0. The first kappa shape index (κ1) is 15.0. The van der Waals surface area contributed by atoms with Gasteiger partial charge in [-0.3, -0.25) is 10.1 Å². The van der Waals surface area contributed by atoms with Crippen molar-refractivity contribution in [1.82, 2.24) is 0 Å². The first-order chi connectivity index (χ1) is 9.49. The Hall–Kier alpha value is -1.44. The third-order valence-electron chi connectivity index (χ3n) is 2.67. The molecule has 1 aromatic heterocycles. The number of hydrogen-bond donors (Lipinski definition) is 1. The first-order valence-electron chi connectivity index (χ1n) is 5.79. The Morgan fingerprint density at radius 1 is 1.55 bits per heavy atom. The van der Waals surface area contributed by atoms with Crippen molar-refractivity contribution in [2.24, 2.45) is 0 Å². The minimum absolute atomic E-state index is 0.111. The maximum Gasteiger partial charge on any atom is 0.312 e. The Balaban J connectivity index is 2.39. The fourth-order valence-electron chi connectivity index (χ4n) is 1.73. The summed E-state index contributed by atoms with van der Waals surface area (Å²) in [6.07, 6.45) is -0.858. The van der Waals surface area contributed by atoms with Gasteiger partial charge in [0.15, 0.2) is 0 Å². The number of rotatable bonds is 5.